The summed E-state index contributed by atoms with van der Waals surface area (Å²) in [4.78, 5) is 10.9. The van der Waals surface area contributed by atoms with Gasteiger partial charge in [-0.15, -0.1) is 11.6 Å². The first-order valence-electron chi connectivity index (χ1n) is 3.63. The number of carbonyl (C=O) groups is 1. The molecule has 1 heterocycles. The molecule has 0 bridgehead atoms. The predicted octanol–water partition coefficient (Wildman–Crippen LogP) is 0.748. The molecule has 0 aromatic rings. The zero-order valence-corrected chi connectivity index (χ0v) is 6.56. The molecule has 0 aromatic carbocycles. The second kappa shape index (κ2) is 1.88. The van der Waals surface area contributed by atoms with Gasteiger partial charge in [-0.2, -0.15) is 0 Å². The number of halogens is 1. The number of fused-ring (bicyclic) bond motifs is 1. The highest BCUT2D eigenvalue weighted by molar-refractivity contribution is 6.24. The van der Waals surface area contributed by atoms with Gasteiger partial charge in [0.05, 0.1) is 11.4 Å². The SMILES string of the molecule is C[C@H]1CC(=O)NC2C1[C@H]2Cl. The molecule has 2 rings (SSSR count). The lowest BCUT2D eigenvalue weighted by Gasteiger charge is -2.15. The van der Waals surface area contributed by atoms with Crippen molar-refractivity contribution < 1.29 is 4.79 Å². The molecular weight excluding hydrogens is 150 g/mol. The molecular formula is C7H10ClNO. The van der Waals surface area contributed by atoms with Crippen LogP contribution >= 0.6 is 11.6 Å². The summed E-state index contributed by atoms with van der Waals surface area (Å²) in [6.07, 6.45) is 0.657. The van der Waals surface area contributed by atoms with E-state index in [0.717, 1.165) is 0 Å². The highest BCUT2D eigenvalue weighted by atomic mass is 35.5. The van der Waals surface area contributed by atoms with Crippen LogP contribution in [0.5, 0.6) is 0 Å². The van der Waals surface area contributed by atoms with E-state index in [1.54, 1.807) is 0 Å². The minimum atomic E-state index is 0.164. The molecule has 56 valence electrons. The number of nitrogens with one attached hydrogen (secondary N) is 1. The monoisotopic (exact) mass is 159 g/mol. The van der Waals surface area contributed by atoms with Crippen molar-refractivity contribution in [2.45, 2.75) is 24.8 Å². The summed E-state index contributed by atoms with van der Waals surface area (Å²) in [6, 6.07) is 0.290. The zero-order chi connectivity index (χ0) is 7.30. The predicted molar refractivity (Wildman–Crippen MR) is 38.8 cm³/mol. The third-order valence-electron chi connectivity index (χ3n) is 2.48. The Bertz CT molecular complexity index is 172. The minimum Gasteiger partial charge on any atom is -0.352 e. The Morgan fingerprint density at radius 1 is 1.70 bits per heavy atom. The van der Waals surface area contributed by atoms with Crippen molar-refractivity contribution in [1.82, 2.24) is 5.32 Å². The van der Waals surface area contributed by atoms with Crippen molar-refractivity contribution in [2.75, 3.05) is 0 Å². The molecule has 2 unspecified atom stereocenters. The Kier molecular flexibility index (Phi) is 1.21. The number of carbonyl (C=O) groups excluding carboxylic acids is 1. The van der Waals surface area contributed by atoms with Crippen molar-refractivity contribution in [3.05, 3.63) is 0 Å². The van der Waals surface area contributed by atoms with Gasteiger partial charge in [-0.3, -0.25) is 4.79 Å². The first-order chi connectivity index (χ1) is 4.70. The van der Waals surface area contributed by atoms with E-state index in [1.165, 1.54) is 0 Å². The van der Waals surface area contributed by atoms with Crippen LogP contribution in [0.4, 0.5) is 0 Å². The summed E-state index contributed by atoms with van der Waals surface area (Å²) in [5.74, 6) is 1.21. The summed E-state index contributed by atoms with van der Waals surface area (Å²) in [5.41, 5.74) is 0. The summed E-state index contributed by atoms with van der Waals surface area (Å²) < 4.78 is 0. The molecule has 2 aliphatic rings. The van der Waals surface area contributed by atoms with Crippen molar-refractivity contribution >= 4 is 17.5 Å². The molecule has 1 aliphatic carbocycles. The average Bonchev–Trinajstić information content (AvgIpc) is 2.42. The van der Waals surface area contributed by atoms with Crippen molar-refractivity contribution in [1.29, 1.82) is 0 Å². The lowest BCUT2D eigenvalue weighted by atomic mass is 9.99. The molecule has 4 atom stereocenters. The second-order valence-corrected chi connectivity index (χ2v) is 3.80. The van der Waals surface area contributed by atoms with Gasteiger partial charge in [0.25, 0.3) is 0 Å². The molecule has 0 aromatic heterocycles. The topological polar surface area (TPSA) is 29.1 Å². The van der Waals surface area contributed by atoms with Crippen LogP contribution < -0.4 is 5.32 Å². The Labute approximate surface area is 64.9 Å². The molecule has 2 nitrogen and oxygen atoms in total. The summed E-state index contributed by atoms with van der Waals surface area (Å²) in [6.45, 7) is 2.10. The van der Waals surface area contributed by atoms with Gasteiger partial charge in [0, 0.05) is 12.3 Å². The minimum absolute atomic E-state index is 0.164. The Morgan fingerprint density at radius 3 is 3.00 bits per heavy atom. The van der Waals surface area contributed by atoms with E-state index in [1.807, 2.05) is 0 Å². The Morgan fingerprint density at radius 2 is 2.40 bits per heavy atom. The first-order valence-corrected chi connectivity index (χ1v) is 4.07. The van der Waals surface area contributed by atoms with E-state index in [2.05, 4.69) is 12.2 Å². The average molecular weight is 160 g/mol. The van der Waals surface area contributed by atoms with Crippen LogP contribution in [-0.4, -0.2) is 17.3 Å². The third-order valence-corrected chi connectivity index (χ3v) is 3.04. The fraction of sp³-hybridized carbons (Fsp3) is 0.857. The summed E-state index contributed by atoms with van der Waals surface area (Å²) in [7, 11) is 0. The van der Waals surface area contributed by atoms with Gasteiger partial charge in [-0.05, 0) is 5.92 Å². The van der Waals surface area contributed by atoms with E-state index < -0.39 is 0 Å². The van der Waals surface area contributed by atoms with Crippen molar-refractivity contribution in [2.24, 2.45) is 11.8 Å². The number of alkyl halides is 1. The zero-order valence-electron chi connectivity index (χ0n) is 5.80. The third kappa shape index (κ3) is 0.749. The fourth-order valence-corrected chi connectivity index (χ4v) is 2.36. The number of hydrogen-bond donors (Lipinski definition) is 1. The van der Waals surface area contributed by atoms with Crippen LogP contribution in [-0.2, 0) is 4.79 Å². The second-order valence-electron chi connectivity index (χ2n) is 3.30. The highest BCUT2D eigenvalue weighted by Gasteiger charge is 2.55. The molecule has 1 N–H and O–H groups in total. The van der Waals surface area contributed by atoms with Gasteiger partial charge in [-0.1, -0.05) is 6.92 Å². The van der Waals surface area contributed by atoms with Crippen LogP contribution in [0.25, 0.3) is 0 Å². The van der Waals surface area contributed by atoms with Gasteiger partial charge in [0.15, 0.2) is 0 Å². The molecule has 0 radical (unpaired) electrons. The van der Waals surface area contributed by atoms with E-state index in [-0.39, 0.29) is 17.3 Å². The van der Waals surface area contributed by atoms with Crippen LogP contribution in [0.3, 0.4) is 0 Å². The summed E-state index contributed by atoms with van der Waals surface area (Å²) >= 11 is 5.90. The van der Waals surface area contributed by atoms with E-state index in [4.69, 9.17) is 11.6 Å². The maximum atomic E-state index is 10.9. The van der Waals surface area contributed by atoms with Gasteiger partial charge >= 0.3 is 0 Å². The number of piperidine rings is 1. The Hall–Kier alpha value is -0.240. The fourth-order valence-electron chi connectivity index (χ4n) is 1.81. The molecule has 2 fully saturated rings. The first kappa shape index (κ1) is 6.47. The maximum absolute atomic E-state index is 10.9. The number of rotatable bonds is 0. The molecule has 1 saturated heterocycles. The number of hydrogen-bond acceptors (Lipinski definition) is 1. The van der Waals surface area contributed by atoms with E-state index >= 15 is 0 Å². The van der Waals surface area contributed by atoms with Crippen molar-refractivity contribution in [3.8, 4) is 0 Å². The van der Waals surface area contributed by atoms with Crippen LogP contribution in [0.1, 0.15) is 13.3 Å². The maximum Gasteiger partial charge on any atom is 0.220 e. The molecule has 1 amide bonds. The summed E-state index contributed by atoms with van der Waals surface area (Å²) in [5, 5.41) is 3.07. The van der Waals surface area contributed by atoms with Crippen LogP contribution in [0.2, 0.25) is 0 Å². The Balaban J connectivity index is 2.09. The standard InChI is InChI=1S/C7H10ClNO/c1-3-2-4(10)9-7-5(3)6(7)8/h3,5-7H,2H2,1H3,(H,9,10)/t3-,5?,6+,7?/m0/s1. The number of amides is 1. The van der Waals surface area contributed by atoms with Gasteiger partial charge in [-0.25, -0.2) is 0 Å². The van der Waals surface area contributed by atoms with Gasteiger partial charge in [0.1, 0.15) is 0 Å². The smallest absolute Gasteiger partial charge is 0.220 e. The lowest BCUT2D eigenvalue weighted by Crippen LogP contribution is -2.34. The van der Waals surface area contributed by atoms with Crippen molar-refractivity contribution in [3.63, 3.8) is 0 Å². The van der Waals surface area contributed by atoms with Gasteiger partial charge in [0.2, 0.25) is 5.91 Å². The molecule has 1 aliphatic heterocycles. The largest absolute Gasteiger partial charge is 0.352 e. The van der Waals surface area contributed by atoms with Crippen LogP contribution in [0, 0.1) is 11.8 Å². The van der Waals surface area contributed by atoms with Gasteiger partial charge < -0.3 is 5.32 Å². The molecule has 3 heteroatoms. The molecule has 0 spiro atoms. The lowest BCUT2D eigenvalue weighted by molar-refractivity contribution is -0.123. The van der Waals surface area contributed by atoms with E-state index in [0.29, 0.717) is 18.3 Å². The quantitative estimate of drug-likeness (QED) is 0.520. The highest BCUT2D eigenvalue weighted by Crippen LogP contribution is 2.46. The normalized spacial score (nSPS) is 51.6. The molecule has 1 saturated carbocycles. The molecule has 10 heavy (non-hydrogen) atoms. The van der Waals surface area contributed by atoms with Crippen LogP contribution in [0.15, 0.2) is 0 Å². The van der Waals surface area contributed by atoms with E-state index in [9.17, 15) is 4.79 Å².